The second-order valence-electron chi connectivity index (χ2n) is 10.3. The maximum Gasteiger partial charge on any atom is 0.410 e. The number of rotatable bonds is 4. The highest BCUT2D eigenvalue weighted by atomic mass is 16.6. The van der Waals surface area contributed by atoms with Gasteiger partial charge in [-0.2, -0.15) is 0 Å². The van der Waals surface area contributed by atoms with Gasteiger partial charge in [-0.25, -0.2) is 14.6 Å². The van der Waals surface area contributed by atoms with Crippen LogP contribution in [0.4, 0.5) is 21.1 Å². The minimum Gasteiger partial charge on any atom is -0.497 e. The average molecular weight is 506 g/mol. The summed E-state index contributed by atoms with van der Waals surface area (Å²) in [4.78, 5) is 40.7. The van der Waals surface area contributed by atoms with Crippen LogP contribution in [0.2, 0.25) is 0 Å². The topological polar surface area (TPSA) is 131 Å². The third kappa shape index (κ3) is 5.26. The van der Waals surface area contributed by atoms with Crippen LogP contribution in [0.3, 0.4) is 0 Å². The average Bonchev–Trinajstić information content (AvgIpc) is 3.45. The summed E-state index contributed by atoms with van der Waals surface area (Å²) in [6.45, 7) is 7.49. The molecule has 1 aromatic carbocycles. The Morgan fingerprint density at radius 2 is 1.86 bits per heavy atom. The van der Waals surface area contributed by atoms with Crippen LogP contribution in [0, 0.1) is 11.8 Å². The van der Waals surface area contributed by atoms with E-state index in [-0.39, 0.29) is 24.0 Å². The summed E-state index contributed by atoms with van der Waals surface area (Å²) >= 11 is 0. The van der Waals surface area contributed by atoms with Gasteiger partial charge in [0.05, 0.1) is 24.4 Å². The molecule has 3 N–H and O–H groups in total. The molecule has 11 nitrogen and oxygen atoms in total. The highest BCUT2D eigenvalue weighted by Crippen LogP contribution is 2.40. The van der Waals surface area contributed by atoms with Gasteiger partial charge in [-0.15, -0.1) is 0 Å². The summed E-state index contributed by atoms with van der Waals surface area (Å²) in [6.07, 6.45) is 4.48. The van der Waals surface area contributed by atoms with Crippen LogP contribution in [-0.2, 0) is 4.74 Å². The lowest BCUT2D eigenvalue weighted by Gasteiger charge is -2.26. The first-order chi connectivity index (χ1) is 17.7. The highest BCUT2D eigenvalue weighted by Gasteiger charge is 2.46. The van der Waals surface area contributed by atoms with Crippen molar-refractivity contribution in [1.82, 2.24) is 25.2 Å². The molecule has 2 aromatic heterocycles. The first-order valence-corrected chi connectivity index (χ1v) is 12.2. The maximum absolute atomic E-state index is 13.0. The third-order valence-corrected chi connectivity index (χ3v) is 6.62. The number of carbonyl (C=O) groups excluding carboxylic acids is 2. The fourth-order valence-electron chi connectivity index (χ4n) is 4.99. The quantitative estimate of drug-likeness (QED) is 0.488. The number of ether oxygens (including phenoxy) is 2. The van der Waals surface area contributed by atoms with Crippen molar-refractivity contribution in [2.45, 2.75) is 32.4 Å². The van der Waals surface area contributed by atoms with Crippen molar-refractivity contribution < 1.29 is 19.1 Å². The van der Waals surface area contributed by atoms with Crippen molar-refractivity contribution in [3.63, 3.8) is 0 Å². The molecule has 0 aliphatic carbocycles. The van der Waals surface area contributed by atoms with Crippen LogP contribution in [0.25, 0.3) is 10.9 Å². The van der Waals surface area contributed by atoms with Crippen LogP contribution in [-0.4, -0.2) is 64.3 Å². The number of hydrogen-bond acceptors (Lipinski definition) is 8. The normalized spacial score (nSPS) is 21.0. The molecule has 37 heavy (non-hydrogen) atoms. The third-order valence-electron chi connectivity index (χ3n) is 6.62. The molecule has 0 bridgehead atoms. The summed E-state index contributed by atoms with van der Waals surface area (Å²) in [6, 6.07) is 6.61. The predicted octanol–water partition coefficient (Wildman–Crippen LogP) is 3.80. The fourth-order valence-corrected chi connectivity index (χ4v) is 4.99. The Labute approximate surface area is 215 Å². The van der Waals surface area contributed by atoms with Crippen LogP contribution >= 0.6 is 0 Å². The molecule has 0 saturated carbocycles. The Balaban J connectivity index is 1.30. The summed E-state index contributed by atoms with van der Waals surface area (Å²) in [5, 5.41) is 10.0. The molecule has 3 unspecified atom stereocenters. The molecule has 0 radical (unpaired) electrons. The number of urea groups is 1. The summed E-state index contributed by atoms with van der Waals surface area (Å²) in [7, 11) is 1.59. The van der Waals surface area contributed by atoms with Gasteiger partial charge >= 0.3 is 12.1 Å². The number of methoxy groups -OCH3 is 1. The largest absolute Gasteiger partial charge is 0.497 e. The van der Waals surface area contributed by atoms with Crippen molar-refractivity contribution in [3.8, 4) is 5.75 Å². The van der Waals surface area contributed by atoms with Gasteiger partial charge in [0.2, 0.25) is 0 Å². The van der Waals surface area contributed by atoms with Gasteiger partial charge in [-0.05, 0) is 44.9 Å². The number of carbonyl (C=O) groups is 2. The molecule has 4 heterocycles. The Morgan fingerprint density at radius 3 is 2.65 bits per heavy atom. The van der Waals surface area contributed by atoms with E-state index >= 15 is 0 Å². The van der Waals surface area contributed by atoms with Crippen molar-refractivity contribution in [1.29, 1.82) is 0 Å². The molecule has 5 rings (SSSR count). The molecule has 194 valence electrons. The van der Waals surface area contributed by atoms with Crippen molar-refractivity contribution in [2.24, 2.45) is 11.8 Å². The molecule has 2 saturated heterocycles. The number of likely N-dealkylation sites (tertiary alicyclic amines) is 1. The zero-order chi connectivity index (χ0) is 26.2. The van der Waals surface area contributed by atoms with Gasteiger partial charge in [0, 0.05) is 55.6 Å². The van der Waals surface area contributed by atoms with E-state index in [1.54, 1.807) is 36.7 Å². The van der Waals surface area contributed by atoms with Crippen LogP contribution in [0.5, 0.6) is 5.75 Å². The van der Waals surface area contributed by atoms with E-state index < -0.39 is 11.6 Å². The standard InChI is InChI=1S/C26H31N7O4/c1-26(2,3)37-25(35)33-13-15-12-30-21(18(15)14-33)22-23(29-10-9-28-22)32-24(34)31-19-7-8-27-20-11-16(36-4)5-6-17(19)20/h5-11,15,18,21,30H,12-14H2,1-4H3,(H2,27,29,31,32,34). The molecule has 2 aliphatic heterocycles. The predicted molar refractivity (Wildman–Crippen MR) is 138 cm³/mol. The van der Waals surface area contributed by atoms with Crippen molar-refractivity contribution in [3.05, 3.63) is 48.5 Å². The monoisotopic (exact) mass is 505 g/mol. The number of nitrogens with one attached hydrogen (secondary N) is 3. The SMILES string of the molecule is COc1ccc2c(NC(=O)Nc3nccnc3C3NCC4CN(C(=O)OC(C)(C)C)CC43)ccnc2c1. The number of pyridine rings is 1. The molecule has 11 heteroatoms. The van der Waals surface area contributed by atoms with E-state index in [1.165, 1.54) is 0 Å². The lowest BCUT2D eigenvalue weighted by Crippen LogP contribution is -2.37. The second kappa shape index (κ2) is 9.81. The molecule has 3 amide bonds. The van der Waals surface area contributed by atoms with Gasteiger partial charge in [-0.1, -0.05) is 0 Å². The number of fused-ring (bicyclic) bond motifs is 2. The number of nitrogens with zero attached hydrogens (tertiary/aromatic N) is 4. The van der Waals surface area contributed by atoms with Gasteiger partial charge < -0.3 is 25.0 Å². The molecule has 3 atom stereocenters. The summed E-state index contributed by atoms with van der Waals surface area (Å²) < 4.78 is 10.8. The Bertz CT molecular complexity index is 1330. The number of benzene rings is 1. The molecule has 0 spiro atoms. The van der Waals surface area contributed by atoms with Crippen molar-refractivity contribution in [2.75, 3.05) is 37.4 Å². The first-order valence-electron chi connectivity index (χ1n) is 12.2. The van der Waals surface area contributed by atoms with E-state index in [2.05, 4.69) is 30.9 Å². The molecule has 2 fully saturated rings. The molecule has 2 aliphatic rings. The van der Waals surface area contributed by atoms with Gasteiger partial charge in [-0.3, -0.25) is 15.3 Å². The van der Waals surface area contributed by atoms with Gasteiger partial charge in [0.25, 0.3) is 0 Å². The van der Waals surface area contributed by atoms with Gasteiger partial charge in [0.1, 0.15) is 17.0 Å². The highest BCUT2D eigenvalue weighted by molar-refractivity contribution is 6.05. The Kier molecular flexibility index (Phi) is 6.55. The lowest BCUT2D eigenvalue weighted by molar-refractivity contribution is 0.0278. The summed E-state index contributed by atoms with van der Waals surface area (Å²) in [5.74, 6) is 1.45. The van der Waals surface area contributed by atoms with Crippen molar-refractivity contribution >= 4 is 34.5 Å². The zero-order valence-corrected chi connectivity index (χ0v) is 21.3. The van der Waals surface area contributed by atoms with Gasteiger partial charge in [0.15, 0.2) is 5.82 Å². The van der Waals surface area contributed by atoms with Crippen LogP contribution < -0.4 is 20.7 Å². The van der Waals surface area contributed by atoms with Crippen LogP contribution in [0.1, 0.15) is 32.5 Å². The number of amides is 3. The van der Waals surface area contributed by atoms with E-state index in [9.17, 15) is 9.59 Å². The lowest BCUT2D eigenvalue weighted by atomic mass is 9.92. The van der Waals surface area contributed by atoms with E-state index in [4.69, 9.17) is 9.47 Å². The molecule has 3 aromatic rings. The minimum atomic E-state index is -0.548. The Morgan fingerprint density at radius 1 is 1.05 bits per heavy atom. The maximum atomic E-state index is 13.0. The van der Waals surface area contributed by atoms with E-state index in [0.717, 1.165) is 11.9 Å². The number of aromatic nitrogens is 3. The smallest absolute Gasteiger partial charge is 0.410 e. The fraction of sp³-hybridized carbons (Fsp3) is 0.423. The second-order valence-corrected chi connectivity index (χ2v) is 10.3. The van der Waals surface area contributed by atoms with E-state index in [0.29, 0.717) is 41.6 Å². The van der Waals surface area contributed by atoms with Crippen LogP contribution in [0.15, 0.2) is 42.9 Å². The minimum absolute atomic E-state index is 0.131. The number of hydrogen-bond donors (Lipinski definition) is 3. The molecular weight excluding hydrogens is 474 g/mol. The Hall–Kier alpha value is -3.99. The molecular formula is C26H31N7O4. The number of anilines is 2. The zero-order valence-electron chi connectivity index (χ0n) is 21.3. The first kappa shape index (κ1) is 24.7. The summed E-state index contributed by atoms with van der Waals surface area (Å²) in [5.41, 5.74) is 1.40. The van der Waals surface area contributed by atoms with E-state index in [1.807, 2.05) is 39.0 Å².